The topological polar surface area (TPSA) is 29.1 Å². The number of hydrogen-bond donors (Lipinski definition) is 1. The molecule has 1 aliphatic rings. The van der Waals surface area contributed by atoms with Gasteiger partial charge in [-0.25, -0.2) is 0 Å². The van der Waals surface area contributed by atoms with Crippen molar-refractivity contribution in [3.05, 3.63) is 35.4 Å². The zero-order chi connectivity index (χ0) is 11.8. The summed E-state index contributed by atoms with van der Waals surface area (Å²) >= 11 is 3.38. The molecular formula is C13H16BrNO. The quantitative estimate of drug-likeness (QED) is 0.830. The van der Waals surface area contributed by atoms with E-state index >= 15 is 0 Å². The first-order valence-electron chi connectivity index (χ1n) is 5.56. The van der Waals surface area contributed by atoms with Crippen molar-refractivity contribution in [3.63, 3.8) is 0 Å². The fourth-order valence-electron chi connectivity index (χ4n) is 2.04. The van der Waals surface area contributed by atoms with Crippen LogP contribution in [0.5, 0.6) is 0 Å². The third-order valence-electron chi connectivity index (χ3n) is 2.98. The van der Waals surface area contributed by atoms with Crippen molar-refractivity contribution >= 4 is 21.8 Å². The van der Waals surface area contributed by atoms with E-state index in [0.717, 1.165) is 12.8 Å². The van der Waals surface area contributed by atoms with E-state index in [9.17, 15) is 4.79 Å². The maximum atomic E-state index is 11.9. The molecule has 0 saturated heterocycles. The van der Waals surface area contributed by atoms with Gasteiger partial charge in [0.05, 0.1) is 10.4 Å². The molecule has 1 amide bonds. The lowest BCUT2D eigenvalue weighted by molar-refractivity contribution is -0.123. The van der Waals surface area contributed by atoms with E-state index in [1.54, 1.807) is 0 Å². The smallest absolute Gasteiger partial charge is 0.236 e. The summed E-state index contributed by atoms with van der Waals surface area (Å²) in [5.41, 5.74) is 2.63. The molecule has 1 aromatic carbocycles. The Balaban J connectivity index is 2.12. The largest absolute Gasteiger partial charge is 0.348 e. The number of aryl methyl sites for hydroxylation is 1. The first kappa shape index (κ1) is 11.6. The number of nitrogens with one attached hydrogen (secondary N) is 1. The second kappa shape index (κ2) is 4.21. The van der Waals surface area contributed by atoms with Gasteiger partial charge in [0.15, 0.2) is 0 Å². The van der Waals surface area contributed by atoms with Crippen molar-refractivity contribution in [2.45, 2.75) is 37.1 Å². The summed E-state index contributed by atoms with van der Waals surface area (Å²) in [5, 5.41) is 3.09. The van der Waals surface area contributed by atoms with Gasteiger partial charge in [-0.05, 0) is 37.8 Å². The van der Waals surface area contributed by atoms with Gasteiger partial charge in [0.25, 0.3) is 0 Å². The molecule has 0 spiro atoms. The van der Waals surface area contributed by atoms with Crippen LogP contribution in [0.15, 0.2) is 24.3 Å². The van der Waals surface area contributed by atoms with Crippen LogP contribution < -0.4 is 5.32 Å². The maximum absolute atomic E-state index is 11.9. The molecular weight excluding hydrogens is 266 g/mol. The highest BCUT2D eigenvalue weighted by Crippen LogP contribution is 2.31. The van der Waals surface area contributed by atoms with Gasteiger partial charge in [-0.1, -0.05) is 40.2 Å². The van der Waals surface area contributed by atoms with Crippen LogP contribution in [-0.4, -0.2) is 10.2 Å². The number of amides is 1. The lowest BCUT2D eigenvalue weighted by Crippen LogP contribution is -2.39. The fraction of sp³-hybridized carbons (Fsp3) is 0.462. The van der Waals surface area contributed by atoms with Crippen molar-refractivity contribution in [1.82, 2.24) is 5.32 Å². The average Bonchev–Trinajstić information content (AvgIpc) is 2.61. The maximum Gasteiger partial charge on any atom is 0.236 e. The Kier molecular flexibility index (Phi) is 3.06. The summed E-state index contributed by atoms with van der Waals surface area (Å²) in [5.74, 6) is 0.0502. The van der Waals surface area contributed by atoms with Crippen molar-refractivity contribution in [2.75, 3.05) is 0 Å². The minimum absolute atomic E-state index is 0.0502. The van der Waals surface area contributed by atoms with Crippen LogP contribution >= 0.6 is 15.9 Å². The Morgan fingerprint density at radius 2 is 2.12 bits per heavy atom. The molecule has 0 saturated carbocycles. The van der Waals surface area contributed by atoms with Crippen molar-refractivity contribution in [2.24, 2.45) is 0 Å². The zero-order valence-corrected chi connectivity index (χ0v) is 11.2. The van der Waals surface area contributed by atoms with Crippen LogP contribution in [0.1, 0.15) is 37.4 Å². The van der Waals surface area contributed by atoms with Crippen molar-refractivity contribution < 1.29 is 4.79 Å². The van der Waals surface area contributed by atoms with Gasteiger partial charge in [-0.3, -0.25) is 4.79 Å². The van der Waals surface area contributed by atoms with Gasteiger partial charge >= 0.3 is 0 Å². The number of rotatable bonds is 2. The predicted octanol–water partition coefficient (Wildman–Crippen LogP) is 2.96. The second-order valence-electron chi connectivity index (χ2n) is 4.74. The summed E-state index contributed by atoms with van der Waals surface area (Å²) in [6.45, 7) is 3.73. The van der Waals surface area contributed by atoms with E-state index < -0.39 is 4.32 Å². The molecule has 3 heteroatoms. The number of carbonyl (C=O) groups excluding carboxylic acids is 1. The summed E-state index contributed by atoms with van der Waals surface area (Å²) in [6, 6.07) is 8.51. The third kappa shape index (κ3) is 2.29. The van der Waals surface area contributed by atoms with Crippen LogP contribution in [0, 0.1) is 0 Å². The van der Waals surface area contributed by atoms with Gasteiger partial charge in [-0.2, -0.15) is 0 Å². The molecule has 0 aliphatic heterocycles. The number of halogens is 1. The van der Waals surface area contributed by atoms with Gasteiger partial charge < -0.3 is 5.32 Å². The highest BCUT2D eigenvalue weighted by atomic mass is 79.9. The zero-order valence-electron chi connectivity index (χ0n) is 9.59. The molecule has 0 bridgehead atoms. The first-order chi connectivity index (χ1) is 7.48. The van der Waals surface area contributed by atoms with Gasteiger partial charge in [0, 0.05) is 0 Å². The molecule has 2 rings (SSSR count). The normalized spacial score (nSPS) is 19.3. The Hall–Kier alpha value is -0.830. The Morgan fingerprint density at radius 3 is 2.81 bits per heavy atom. The molecule has 0 heterocycles. The lowest BCUT2D eigenvalue weighted by Gasteiger charge is -2.20. The highest BCUT2D eigenvalue weighted by molar-refractivity contribution is 9.10. The van der Waals surface area contributed by atoms with Crippen LogP contribution in [-0.2, 0) is 11.2 Å². The third-order valence-corrected chi connectivity index (χ3v) is 3.34. The van der Waals surface area contributed by atoms with E-state index in [1.165, 1.54) is 11.1 Å². The fourth-order valence-corrected chi connectivity index (χ4v) is 2.15. The minimum atomic E-state index is -0.496. The summed E-state index contributed by atoms with van der Waals surface area (Å²) < 4.78 is -0.496. The average molecular weight is 282 g/mol. The van der Waals surface area contributed by atoms with Gasteiger partial charge in [0.2, 0.25) is 5.91 Å². The molecule has 1 unspecified atom stereocenters. The van der Waals surface area contributed by atoms with Crippen LogP contribution in [0.2, 0.25) is 0 Å². The molecule has 0 aromatic heterocycles. The summed E-state index contributed by atoms with van der Waals surface area (Å²) in [6.07, 6.45) is 2.07. The number of carbonyl (C=O) groups is 1. The van der Waals surface area contributed by atoms with Gasteiger partial charge in [-0.15, -0.1) is 0 Å². The van der Waals surface area contributed by atoms with Gasteiger partial charge in [0.1, 0.15) is 0 Å². The van der Waals surface area contributed by atoms with E-state index in [2.05, 4.69) is 39.4 Å². The Morgan fingerprint density at radius 1 is 1.44 bits per heavy atom. The molecule has 0 fully saturated rings. The SMILES string of the molecule is CC(C)(Br)C(=O)NC1CCc2ccccc21. The van der Waals surface area contributed by atoms with Crippen LogP contribution in [0.3, 0.4) is 0 Å². The number of fused-ring (bicyclic) bond motifs is 1. The van der Waals surface area contributed by atoms with Crippen LogP contribution in [0.4, 0.5) is 0 Å². The van der Waals surface area contributed by atoms with E-state index in [0.29, 0.717) is 0 Å². The molecule has 16 heavy (non-hydrogen) atoms. The Bertz CT molecular complexity index is 409. The minimum Gasteiger partial charge on any atom is -0.348 e. The molecule has 1 N–H and O–H groups in total. The molecule has 1 aromatic rings. The van der Waals surface area contributed by atoms with E-state index in [-0.39, 0.29) is 11.9 Å². The standard InChI is InChI=1S/C13H16BrNO/c1-13(2,14)12(16)15-11-8-7-9-5-3-4-6-10(9)11/h3-6,11H,7-8H2,1-2H3,(H,15,16). The number of hydrogen-bond acceptors (Lipinski definition) is 1. The molecule has 86 valence electrons. The Labute approximate surface area is 105 Å². The monoisotopic (exact) mass is 281 g/mol. The van der Waals surface area contributed by atoms with Crippen LogP contribution in [0.25, 0.3) is 0 Å². The summed E-state index contributed by atoms with van der Waals surface area (Å²) in [7, 11) is 0. The number of alkyl halides is 1. The highest BCUT2D eigenvalue weighted by Gasteiger charge is 2.29. The first-order valence-corrected chi connectivity index (χ1v) is 6.35. The molecule has 1 aliphatic carbocycles. The van der Waals surface area contributed by atoms with Crippen molar-refractivity contribution in [3.8, 4) is 0 Å². The number of benzene rings is 1. The molecule has 2 nitrogen and oxygen atoms in total. The predicted molar refractivity (Wildman–Crippen MR) is 68.7 cm³/mol. The van der Waals surface area contributed by atoms with E-state index in [4.69, 9.17) is 0 Å². The molecule has 0 radical (unpaired) electrons. The van der Waals surface area contributed by atoms with Crippen molar-refractivity contribution in [1.29, 1.82) is 0 Å². The second-order valence-corrected chi connectivity index (χ2v) is 6.72. The van der Waals surface area contributed by atoms with E-state index in [1.807, 2.05) is 19.9 Å². The summed E-state index contributed by atoms with van der Waals surface area (Å²) in [4.78, 5) is 11.9. The molecule has 1 atom stereocenters. The lowest BCUT2D eigenvalue weighted by atomic mass is 10.1.